The maximum Gasteiger partial charge on any atom is 0.307 e. The summed E-state index contributed by atoms with van der Waals surface area (Å²) in [7, 11) is 0. The molecule has 0 saturated carbocycles. The van der Waals surface area contributed by atoms with Gasteiger partial charge in [-0.15, -0.1) is 0 Å². The van der Waals surface area contributed by atoms with Crippen molar-refractivity contribution in [3.05, 3.63) is 0 Å². The van der Waals surface area contributed by atoms with Crippen molar-refractivity contribution in [3.63, 3.8) is 0 Å². The molecule has 0 radical (unpaired) electrons. The van der Waals surface area contributed by atoms with Crippen molar-refractivity contribution in [2.24, 2.45) is 0 Å². The van der Waals surface area contributed by atoms with Gasteiger partial charge in [0.05, 0.1) is 6.61 Å². The van der Waals surface area contributed by atoms with Crippen molar-refractivity contribution >= 4 is 46.5 Å². The summed E-state index contributed by atoms with van der Waals surface area (Å²) in [5.74, 6) is -21.2. The predicted molar refractivity (Wildman–Crippen MR) is 219 cm³/mol. The fourth-order valence-electron chi connectivity index (χ4n) is 8.99. The molecule has 2 heterocycles. The molecule has 2 aliphatic rings. The highest BCUT2D eigenvalue weighted by molar-refractivity contribution is 6.22. The summed E-state index contributed by atoms with van der Waals surface area (Å²) in [6, 6.07) is 0. The van der Waals surface area contributed by atoms with Crippen LogP contribution >= 0.6 is 0 Å². The van der Waals surface area contributed by atoms with E-state index in [2.05, 4.69) is 0 Å². The van der Waals surface area contributed by atoms with Gasteiger partial charge in [-0.1, -0.05) is 55.4 Å². The second-order valence-electron chi connectivity index (χ2n) is 16.5. The topological polar surface area (TPSA) is 315 Å². The van der Waals surface area contributed by atoms with Crippen LogP contribution in [0.1, 0.15) is 158 Å². The lowest BCUT2D eigenvalue weighted by Gasteiger charge is -2.68. The highest BCUT2D eigenvalue weighted by Gasteiger charge is 2.96. The molecule has 2 aliphatic heterocycles. The summed E-state index contributed by atoms with van der Waals surface area (Å²) in [6.07, 6.45) is -15.6. The first kappa shape index (κ1) is 55.9. The molecule has 19 nitrogen and oxygen atoms in total. The van der Waals surface area contributed by atoms with Crippen molar-refractivity contribution in [1.82, 2.24) is 0 Å². The highest BCUT2D eigenvalue weighted by atomic mass is 16.8. The first-order valence-electron chi connectivity index (χ1n) is 22.3. The molecule has 0 aromatic carbocycles. The molecule has 63 heavy (non-hydrogen) atoms. The minimum atomic E-state index is -4.58. The molecule has 0 aromatic rings. The van der Waals surface area contributed by atoms with Crippen LogP contribution < -0.4 is 0 Å². The average molecular weight is 903 g/mol. The molecule has 2 saturated heterocycles. The van der Waals surface area contributed by atoms with Gasteiger partial charge in [0.1, 0.15) is 24.9 Å². The summed E-state index contributed by atoms with van der Waals surface area (Å²) in [6.45, 7) is 8.45. The Bertz CT molecular complexity index is 1680. The Labute approximate surface area is 368 Å². The molecule has 2 fully saturated rings. The van der Waals surface area contributed by atoms with Crippen LogP contribution in [0, 0.1) is 0 Å². The summed E-state index contributed by atoms with van der Waals surface area (Å²) in [5, 5.41) is 85.1. The smallest absolute Gasteiger partial charge is 0.307 e. The molecule has 0 amide bonds. The minimum Gasteiger partial charge on any atom is -0.443 e. The zero-order valence-corrected chi connectivity index (χ0v) is 38.0. The van der Waals surface area contributed by atoms with Gasteiger partial charge in [-0.05, 0) is 51.4 Å². The van der Waals surface area contributed by atoms with Crippen LogP contribution in [0.25, 0.3) is 0 Å². The zero-order valence-electron chi connectivity index (χ0n) is 38.0. The average Bonchev–Trinajstić information content (AvgIpc) is 3.48. The number of Topliss-reactive ketones (excluding diaryl/α,β-unsaturated/α-hetero) is 7. The predicted octanol–water partition coefficient (Wildman–Crippen LogP) is 1.13. The standard InChI is InChI=1S/C44H70O19/c1-9-17-28(47)39(57,29(48)18-10-2)42(32(51)21-13-5)43(33(52)22-14-6,61-35(54)24-16-8)40(58,30(49)19-11-3)41(59,31(50)20-12-4)44(63-42,34(53)23-15-7)62-38(26-46)37(56)36(55)27(25-45)60-38/h27,36-37,45-46,55-59H,9-26H2,1-8H3/t27-,36-,37+,38?,40-,41-,42-,43+,44-/m1/s1. The molecular formula is C44H70O19. The quantitative estimate of drug-likeness (QED) is 0.0409. The number of carbonyl (C=O) groups is 8. The first-order valence-corrected chi connectivity index (χ1v) is 22.3. The van der Waals surface area contributed by atoms with Gasteiger partial charge in [0.2, 0.25) is 33.8 Å². The molecule has 9 atom stereocenters. The lowest BCUT2D eigenvalue weighted by molar-refractivity contribution is -0.466. The van der Waals surface area contributed by atoms with Crippen LogP contribution in [0.4, 0.5) is 0 Å². The Morgan fingerprint density at radius 2 is 0.984 bits per heavy atom. The van der Waals surface area contributed by atoms with Crippen LogP contribution in [0.3, 0.4) is 0 Å². The summed E-state index contributed by atoms with van der Waals surface area (Å²) >= 11 is 0. The summed E-state index contributed by atoms with van der Waals surface area (Å²) in [5.41, 5.74) is -21.9. The number of esters is 1. The molecule has 19 heteroatoms. The van der Waals surface area contributed by atoms with E-state index in [1.54, 1.807) is 0 Å². The largest absolute Gasteiger partial charge is 0.443 e. The third kappa shape index (κ3) is 8.55. The van der Waals surface area contributed by atoms with Crippen molar-refractivity contribution in [3.8, 4) is 0 Å². The van der Waals surface area contributed by atoms with Crippen molar-refractivity contribution in [2.45, 2.75) is 216 Å². The SMILES string of the molecule is CCCC(=O)O[C@@]1(C(=O)CCC)[C@@](O)(C(=O)CCC)[C@](O)(C(=O)CCC)[C@@](OC2(CO)O[C@H](CO)[C@@H](O)[C@@H]2O)(C(=O)CCC)O[C@]1(C(=O)CCC)C(O)(C(=O)CCC)C(=O)CCC. The van der Waals surface area contributed by atoms with E-state index in [1.807, 2.05) is 0 Å². The van der Waals surface area contributed by atoms with Crippen LogP contribution in [0.15, 0.2) is 0 Å². The number of aliphatic hydroxyl groups is 7. The molecule has 1 unspecified atom stereocenters. The van der Waals surface area contributed by atoms with Gasteiger partial charge in [-0.2, -0.15) is 0 Å². The second-order valence-corrected chi connectivity index (χ2v) is 16.5. The number of carbonyl (C=O) groups excluding carboxylic acids is 8. The third-order valence-electron chi connectivity index (χ3n) is 11.9. The van der Waals surface area contributed by atoms with E-state index in [1.165, 1.54) is 55.4 Å². The van der Waals surface area contributed by atoms with Gasteiger partial charge >= 0.3 is 5.97 Å². The number of rotatable bonds is 29. The molecule has 360 valence electrons. The molecule has 0 aromatic heterocycles. The number of aliphatic hydroxyl groups excluding tert-OH is 4. The van der Waals surface area contributed by atoms with Gasteiger partial charge in [0.25, 0.3) is 5.79 Å². The van der Waals surface area contributed by atoms with Crippen molar-refractivity contribution in [2.75, 3.05) is 13.2 Å². The fourth-order valence-corrected chi connectivity index (χ4v) is 8.99. The zero-order chi connectivity index (χ0) is 48.4. The monoisotopic (exact) mass is 902 g/mol. The van der Waals surface area contributed by atoms with Gasteiger partial charge in [0, 0.05) is 51.4 Å². The van der Waals surface area contributed by atoms with E-state index >= 15 is 24.0 Å². The maximum absolute atomic E-state index is 15.8. The molecular weight excluding hydrogens is 832 g/mol. The van der Waals surface area contributed by atoms with Gasteiger partial charge < -0.3 is 54.7 Å². The number of hydrogen-bond acceptors (Lipinski definition) is 19. The Morgan fingerprint density at radius 1 is 0.571 bits per heavy atom. The van der Waals surface area contributed by atoms with E-state index < -0.39 is 169 Å². The van der Waals surface area contributed by atoms with Gasteiger partial charge in [-0.3, -0.25) is 38.4 Å². The van der Waals surface area contributed by atoms with E-state index in [0.29, 0.717) is 0 Å². The third-order valence-corrected chi connectivity index (χ3v) is 11.9. The second kappa shape index (κ2) is 22.3. The molecule has 7 N–H and O–H groups in total. The Hall–Kier alpha value is -3.24. The lowest BCUT2D eigenvalue weighted by Crippen LogP contribution is -2.99. The molecule has 0 spiro atoms. The number of ether oxygens (including phenoxy) is 4. The van der Waals surface area contributed by atoms with Crippen molar-refractivity contribution in [1.29, 1.82) is 0 Å². The summed E-state index contributed by atoms with van der Waals surface area (Å²) in [4.78, 5) is 122. The Kier molecular flexibility index (Phi) is 19.8. The first-order chi connectivity index (χ1) is 29.5. The van der Waals surface area contributed by atoms with Crippen molar-refractivity contribution < 1.29 is 93.0 Å². The lowest BCUT2D eigenvalue weighted by atomic mass is 9.47. The van der Waals surface area contributed by atoms with E-state index in [0.717, 1.165) is 0 Å². The molecule has 0 aliphatic carbocycles. The Morgan fingerprint density at radius 3 is 1.40 bits per heavy atom. The van der Waals surface area contributed by atoms with Crippen LogP contribution in [0.2, 0.25) is 0 Å². The van der Waals surface area contributed by atoms with E-state index in [4.69, 9.17) is 18.9 Å². The molecule has 2 rings (SSSR count). The van der Waals surface area contributed by atoms with Gasteiger partial charge in [-0.25, -0.2) is 0 Å². The number of ketones is 7. The summed E-state index contributed by atoms with van der Waals surface area (Å²) < 4.78 is 24.4. The van der Waals surface area contributed by atoms with Crippen LogP contribution in [0.5, 0.6) is 0 Å². The molecule has 0 bridgehead atoms. The van der Waals surface area contributed by atoms with E-state index in [-0.39, 0.29) is 51.4 Å². The minimum absolute atomic E-state index is 0.0908. The number of hydrogen-bond donors (Lipinski definition) is 7. The fraction of sp³-hybridized carbons (Fsp3) is 0.818. The normalized spacial score (nSPS) is 32.0. The highest BCUT2D eigenvalue weighted by Crippen LogP contribution is 2.64. The van der Waals surface area contributed by atoms with Crippen LogP contribution in [-0.4, -0.2) is 153 Å². The maximum atomic E-state index is 15.8. The Balaban J connectivity index is 4.00. The van der Waals surface area contributed by atoms with Gasteiger partial charge in [0.15, 0.2) is 40.5 Å². The van der Waals surface area contributed by atoms with E-state index in [9.17, 15) is 50.1 Å². The van der Waals surface area contributed by atoms with Crippen LogP contribution in [-0.2, 0) is 57.3 Å².